The summed E-state index contributed by atoms with van der Waals surface area (Å²) >= 11 is 0. The van der Waals surface area contributed by atoms with Gasteiger partial charge in [-0.1, -0.05) is 55.5 Å². The maximum atomic E-state index is 13.0. The van der Waals surface area contributed by atoms with Crippen molar-refractivity contribution < 1.29 is 24.2 Å². The summed E-state index contributed by atoms with van der Waals surface area (Å²) in [4.78, 5) is 36.8. The van der Waals surface area contributed by atoms with Gasteiger partial charge in [0.1, 0.15) is 12.6 Å². The lowest BCUT2D eigenvalue weighted by molar-refractivity contribution is -0.118. The maximum Gasteiger partial charge on any atom is 0.407 e. The number of urea groups is 1. The first-order chi connectivity index (χ1) is 18.4. The Morgan fingerprint density at radius 1 is 1.13 bits per heavy atom. The van der Waals surface area contributed by atoms with Crippen molar-refractivity contribution in [2.75, 3.05) is 18.5 Å². The van der Waals surface area contributed by atoms with E-state index in [0.717, 1.165) is 12.0 Å². The highest BCUT2D eigenvalue weighted by Crippen LogP contribution is 2.47. The summed E-state index contributed by atoms with van der Waals surface area (Å²) in [6.45, 7) is 2.50. The first-order valence-corrected chi connectivity index (χ1v) is 12.8. The number of anilines is 1. The van der Waals surface area contributed by atoms with Gasteiger partial charge in [-0.05, 0) is 65.1 Å². The van der Waals surface area contributed by atoms with Crippen molar-refractivity contribution in [3.05, 3.63) is 82.9 Å². The van der Waals surface area contributed by atoms with Crippen molar-refractivity contribution in [1.82, 2.24) is 10.6 Å². The van der Waals surface area contributed by atoms with Gasteiger partial charge in [-0.3, -0.25) is 4.79 Å². The number of fused-ring (bicyclic) bond motifs is 2. The number of benzene rings is 2. The number of carbonyl (C=O) groups is 3. The number of nitrogens with two attached hydrogens (primary N) is 1. The molecule has 4 amide bonds. The van der Waals surface area contributed by atoms with Gasteiger partial charge in [-0.2, -0.15) is 0 Å². The fourth-order valence-electron chi connectivity index (χ4n) is 4.94. The number of aliphatic hydroxyl groups excluding tert-OH is 1. The van der Waals surface area contributed by atoms with Gasteiger partial charge < -0.3 is 31.5 Å². The Morgan fingerprint density at radius 3 is 2.63 bits per heavy atom. The zero-order valence-electron chi connectivity index (χ0n) is 21.4. The number of alkyl carbamates (subject to hydrolysis) is 1. The molecule has 2 aliphatic carbocycles. The number of hydrogen-bond donors (Lipinski definition) is 5. The second-order valence-corrected chi connectivity index (χ2v) is 9.69. The number of ether oxygens (including phenoxy) is 1. The molecule has 6 N–H and O–H groups in total. The smallest absolute Gasteiger partial charge is 0.407 e. The largest absolute Gasteiger partial charge is 0.449 e. The molecule has 0 saturated carbocycles. The minimum absolute atomic E-state index is 0.0622. The molecule has 0 heterocycles. The molecule has 0 radical (unpaired) electrons. The third-order valence-electron chi connectivity index (χ3n) is 6.88. The van der Waals surface area contributed by atoms with Gasteiger partial charge in [0.15, 0.2) is 0 Å². The van der Waals surface area contributed by atoms with Crippen molar-refractivity contribution in [1.29, 1.82) is 0 Å². The first kappa shape index (κ1) is 26.9. The van der Waals surface area contributed by atoms with E-state index >= 15 is 0 Å². The van der Waals surface area contributed by atoms with Gasteiger partial charge in [0.05, 0.1) is 6.61 Å². The van der Waals surface area contributed by atoms with Crippen LogP contribution in [-0.2, 0) is 16.1 Å². The molecule has 200 valence electrons. The van der Waals surface area contributed by atoms with Crippen LogP contribution < -0.4 is 21.7 Å². The molecular formula is C29H34N4O5. The summed E-state index contributed by atoms with van der Waals surface area (Å²) in [5, 5.41) is 17.2. The summed E-state index contributed by atoms with van der Waals surface area (Å²) < 4.78 is 5.65. The maximum absolute atomic E-state index is 13.0. The monoisotopic (exact) mass is 518 g/mol. The summed E-state index contributed by atoms with van der Waals surface area (Å²) in [7, 11) is 0. The topological polar surface area (TPSA) is 143 Å². The van der Waals surface area contributed by atoms with E-state index < -0.39 is 24.1 Å². The van der Waals surface area contributed by atoms with Crippen molar-refractivity contribution in [2.45, 2.75) is 44.8 Å². The van der Waals surface area contributed by atoms with Crippen LogP contribution in [0.3, 0.4) is 0 Å². The summed E-state index contributed by atoms with van der Waals surface area (Å²) in [5.74, 6) is -0.0288. The fourth-order valence-corrected chi connectivity index (χ4v) is 4.94. The number of aliphatic hydroxyl groups is 1. The Bertz CT molecular complexity index is 1240. The number of allylic oxidation sites excluding steroid dienone is 3. The van der Waals surface area contributed by atoms with Crippen LogP contribution in [0.15, 0.2) is 66.3 Å². The van der Waals surface area contributed by atoms with Gasteiger partial charge in [-0.25, -0.2) is 9.59 Å². The van der Waals surface area contributed by atoms with Crippen LogP contribution in [0.1, 0.15) is 48.8 Å². The first-order valence-electron chi connectivity index (χ1n) is 12.8. The van der Waals surface area contributed by atoms with Gasteiger partial charge in [-0.15, -0.1) is 0 Å². The predicted octanol–water partition coefficient (Wildman–Crippen LogP) is 3.81. The lowest BCUT2D eigenvalue weighted by Crippen LogP contribution is -2.44. The highest BCUT2D eigenvalue weighted by Gasteiger charge is 2.33. The van der Waals surface area contributed by atoms with E-state index in [-0.39, 0.29) is 32.1 Å². The number of carbonyl (C=O) groups excluding carboxylic acids is 3. The Morgan fingerprint density at radius 2 is 1.89 bits per heavy atom. The van der Waals surface area contributed by atoms with Crippen molar-refractivity contribution >= 4 is 29.3 Å². The van der Waals surface area contributed by atoms with Crippen LogP contribution in [0.5, 0.6) is 0 Å². The lowest BCUT2D eigenvalue weighted by Gasteiger charge is -2.21. The van der Waals surface area contributed by atoms with Crippen molar-refractivity contribution in [2.24, 2.45) is 11.7 Å². The highest BCUT2D eigenvalue weighted by molar-refractivity contribution is 5.96. The van der Waals surface area contributed by atoms with E-state index in [2.05, 4.69) is 47.2 Å². The minimum atomic E-state index is -0.893. The van der Waals surface area contributed by atoms with Gasteiger partial charge >= 0.3 is 12.1 Å². The predicted molar refractivity (Wildman–Crippen MR) is 145 cm³/mol. The summed E-state index contributed by atoms with van der Waals surface area (Å²) in [5.41, 5.74) is 11.2. The quantitative estimate of drug-likeness (QED) is 0.304. The second kappa shape index (κ2) is 12.4. The number of primary amides is 1. The zero-order valence-corrected chi connectivity index (χ0v) is 21.4. The van der Waals surface area contributed by atoms with Crippen molar-refractivity contribution in [3.8, 4) is 0 Å². The van der Waals surface area contributed by atoms with Crippen LogP contribution in [0.4, 0.5) is 15.3 Å². The van der Waals surface area contributed by atoms with Crippen LogP contribution in [-0.4, -0.2) is 42.3 Å². The van der Waals surface area contributed by atoms with Crippen molar-refractivity contribution in [3.63, 3.8) is 0 Å². The second-order valence-electron chi connectivity index (χ2n) is 9.69. The summed E-state index contributed by atoms with van der Waals surface area (Å²) in [6.07, 6.45) is 5.26. The molecule has 38 heavy (non-hydrogen) atoms. The number of hydrogen-bond acceptors (Lipinski definition) is 5. The van der Waals surface area contributed by atoms with Gasteiger partial charge in [0.25, 0.3) is 0 Å². The Kier molecular flexibility index (Phi) is 8.81. The van der Waals surface area contributed by atoms with Gasteiger partial charge in [0.2, 0.25) is 5.91 Å². The Hall–Kier alpha value is -4.11. The van der Waals surface area contributed by atoms with E-state index in [1.165, 1.54) is 16.7 Å². The fraction of sp³-hybridized carbons (Fsp3) is 0.345. The summed E-state index contributed by atoms with van der Waals surface area (Å²) in [6, 6.07) is 13.4. The zero-order chi connectivity index (χ0) is 27.1. The Balaban J connectivity index is 1.40. The van der Waals surface area contributed by atoms with E-state index in [9.17, 15) is 19.5 Å². The van der Waals surface area contributed by atoms with E-state index in [0.29, 0.717) is 23.6 Å². The molecule has 4 rings (SSSR count). The molecule has 2 unspecified atom stereocenters. The molecule has 0 spiro atoms. The molecule has 9 heteroatoms. The van der Waals surface area contributed by atoms with E-state index in [1.807, 2.05) is 12.1 Å². The highest BCUT2D eigenvalue weighted by atomic mass is 16.5. The molecule has 9 nitrogen and oxygen atoms in total. The molecule has 0 bridgehead atoms. The van der Waals surface area contributed by atoms with E-state index in [1.54, 1.807) is 24.3 Å². The molecule has 0 aromatic heterocycles. The molecule has 2 aromatic carbocycles. The molecule has 3 atom stereocenters. The standard InChI is InChI=1S/C29H34N4O5/c1-18-8-13-23-24(15-18)21-5-2-3-6-22(21)25(23)17-38-29(37)33-26(7-4-14-31-28(30)36)27(35)32-20-11-9-19(16-34)10-12-20/h2-3,5-6,8-13,18,25-26,34H,4,7,14-17H2,1H3,(H,32,35)(H,33,37)(H3,30,31,36)/t18?,25?,26-/m0/s1. The molecule has 2 aliphatic rings. The number of rotatable bonds is 10. The normalized spacial score (nSPS) is 18.3. The lowest BCUT2D eigenvalue weighted by atomic mass is 9.88. The molecule has 0 saturated heterocycles. The van der Waals surface area contributed by atoms with Crippen LogP contribution >= 0.6 is 0 Å². The van der Waals surface area contributed by atoms with Crippen LogP contribution in [0.25, 0.3) is 5.57 Å². The average Bonchev–Trinajstić information content (AvgIpc) is 3.22. The van der Waals surface area contributed by atoms with Gasteiger partial charge in [0, 0.05) is 18.2 Å². The van der Waals surface area contributed by atoms with Crippen LogP contribution in [0.2, 0.25) is 0 Å². The number of nitrogens with one attached hydrogen (secondary N) is 3. The molecule has 2 aromatic rings. The third kappa shape index (κ3) is 6.60. The Labute approximate surface area is 222 Å². The number of amides is 4. The molecule has 0 fully saturated rings. The third-order valence-corrected chi connectivity index (χ3v) is 6.88. The average molecular weight is 519 g/mol. The minimum Gasteiger partial charge on any atom is -0.449 e. The molecular weight excluding hydrogens is 484 g/mol. The SMILES string of the molecule is CC1C=CC2=C(C1)c1ccccc1C2COC(=O)N[C@@H](CCCNC(N)=O)C(=O)Nc1ccc(CO)cc1. The van der Waals surface area contributed by atoms with Crippen LogP contribution in [0, 0.1) is 5.92 Å². The van der Waals surface area contributed by atoms with E-state index in [4.69, 9.17) is 10.5 Å². The molecule has 0 aliphatic heterocycles.